The summed E-state index contributed by atoms with van der Waals surface area (Å²) in [5, 5.41) is 3.29. The van der Waals surface area contributed by atoms with Crippen molar-refractivity contribution in [2.75, 3.05) is 24.6 Å². The van der Waals surface area contributed by atoms with Gasteiger partial charge in [0.05, 0.1) is 5.75 Å². The van der Waals surface area contributed by atoms with Gasteiger partial charge in [0.2, 0.25) is 0 Å². The number of benzene rings is 1. The molecule has 19 heavy (non-hydrogen) atoms. The second kappa shape index (κ2) is 5.63. The molecule has 2 rings (SSSR count). The van der Waals surface area contributed by atoms with Gasteiger partial charge in [0.1, 0.15) is 9.84 Å². The first kappa shape index (κ1) is 14.5. The minimum absolute atomic E-state index is 0.0207. The molecule has 1 heterocycles. The first-order chi connectivity index (χ1) is 8.97. The molecule has 0 spiro atoms. The Morgan fingerprint density at radius 2 is 2.00 bits per heavy atom. The molecule has 1 aliphatic heterocycles. The van der Waals surface area contributed by atoms with Gasteiger partial charge in [0.15, 0.2) is 0 Å². The third-order valence-corrected chi connectivity index (χ3v) is 5.82. The maximum absolute atomic E-state index is 11.9. The lowest BCUT2D eigenvalue weighted by molar-refractivity contribution is 0.268. The van der Waals surface area contributed by atoms with Crippen molar-refractivity contribution in [2.24, 2.45) is 0 Å². The van der Waals surface area contributed by atoms with E-state index in [1.807, 2.05) is 6.92 Å². The molecular formula is C15H23NO2S. The summed E-state index contributed by atoms with van der Waals surface area (Å²) in [4.78, 5) is 0. The first-order valence-electron chi connectivity index (χ1n) is 6.96. The fraction of sp³-hybridized carbons (Fsp3) is 0.600. The van der Waals surface area contributed by atoms with Crippen LogP contribution in [0.4, 0.5) is 0 Å². The lowest BCUT2D eigenvalue weighted by Crippen LogP contribution is -2.57. The average molecular weight is 281 g/mol. The van der Waals surface area contributed by atoms with Crippen LogP contribution in [0, 0.1) is 6.92 Å². The number of hydrogen-bond acceptors (Lipinski definition) is 3. The number of sulfone groups is 1. The normalized spacial score (nSPS) is 18.0. The molecular weight excluding hydrogens is 258 g/mol. The first-order valence-corrected chi connectivity index (χ1v) is 8.78. The van der Waals surface area contributed by atoms with E-state index in [0.29, 0.717) is 17.9 Å². The maximum atomic E-state index is 11.9. The van der Waals surface area contributed by atoms with Gasteiger partial charge in [0, 0.05) is 24.3 Å². The molecule has 1 saturated heterocycles. The van der Waals surface area contributed by atoms with Crippen LogP contribution in [0.1, 0.15) is 30.9 Å². The van der Waals surface area contributed by atoms with Crippen molar-refractivity contribution in [1.82, 2.24) is 5.32 Å². The number of rotatable bonds is 6. The van der Waals surface area contributed by atoms with Crippen LogP contribution in [-0.4, -0.2) is 33.0 Å². The smallest absolute Gasteiger partial charge is 0.150 e. The van der Waals surface area contributed by atoms with Gasteiger partial charge in [0.25, 0.3) is 0 Å². The largest absolute Gasteiger partial charge is 0.315 e. The summed E-state index contributed by atoms with van der Waals surface area (Å²) < 4.78 is 23.8. The van der Waals surface area contributed by atoms with Crippen LogP contribution < -0.4 is 5.32 Å². The van der Waals surface area contributed by atoms with Crippen molar-refractivity contribution >= 4 is 9.84 Å². The molecule has 4 heteroatoms. The van der Waals surface area contributed by atoms with Gasteiger partial charge >= 0.3 is 0 Å². The van der Waals surface area contributed by atoms with E-state index in [0.717, 1.165) is 19.5 Å². The van der Waals surface area contributed by atoms with Gasteiger partial charge < -0.3 is 5.32 Å². The molecule has 3 nitrogen and oxygen atoms in total. The van der Waals surface area contributed by atoms with Crippen molar-refractivity contribution in [2.45, 2.75) is 32.1 Å². The number of hydrogen-bond donors (Lipinski definition) is 1. The topological polar surface area (TPSA) is 46.2 Å². The predicted molar refractivity (Wildman–Crippen MR) is 79.3 cm³/mol. The van der Waals surface area contributed by atoms with Crippen molar-refractivity contribution in [1.29, 1.82) is 0 Å². The van der Waals surface area contributed by atoms with Crippen LogP contribution in [0.15, 0.2) is 24.3 Å². The van der Waals surface area contributed by atoms with Crippen molar-refractivity contribution in [3.05, 3.63) is 35.4 Å². The Labute approximate surface area is 116 Å². The molecule has 0 aliphatic carbocycles. The van der Waals surface area contributed by atoms with E-state index < -0.39 is 9.84 Å². The van der Waals surface area contributed by atoms with E-state index in [2.05, 4.69) is 36.5 Å². The zero-order chi connectivity index (χ0) is 13.9. The van der Waals surface area contributed by atoms with E-state index in [9.17, 15) is 8.42 Å². The van der Waals surface area contributed by atoms with Crippen LogP contribution in [0.3, 0.4) is 0 Å². The number of aryl methyl sites for hydroxylation is 1. The van der Waals surface area contributed by atoms with Gasteiger partial charge in [-0.05, 0) is 25.3 Å². The van der Waals surface area contributed by atoms with Gasteiger partial charge in [-0.3, -0.25) is 0 Å². The molecule has 106 valence electrons. The Kier molecular flexibility index (Phi) is 4.31. The summed E-state index contributed by atoms with van der Waals surface area (Å²) in [5.41, 5.74) is 2.53. The quantitative estimate of drug-likeness (QED) is 0.868. The molecule has 1 N–H and O–H groups in total. The van der Waals surface area contributed by atoms with Gasteiger partial charge in [-0.25, -0.2) is 8.42 Å². The van der Waals surface area contributed by atoms with Crippen LogP contribution in [-0.2, 0) is 15.3 Å². The zero-order valence-corrected chi connectivity index (χ0v) is 12.6. The van der Waals surface area contributed by atoms with Crippen LogP contribution in [0.25, 0.3) is 0 Å². The summed E-state index contributed by atoms with van der Waals surface area (Å²) in [6.07, 6.45) is 1.43. The van der Waals surface area contributed by atoms with Crippen LogP contribution >= 0.6 is 0 Å². The van der Waals surface area contributed by atoms with Crippen LogP contribution in [0.5, 0.6) is 0 Å². The Bertz CT molecular complexity index is 533. The Balaban J connectivity index is 2.12. The monoisotopic (exact) mass is 281 g/mol. The molecule has 1 aliphatic rings. The highest BCUT2D eigenvalue weighted by Crippen LogP contribution is 2.33. The van der Waals surface area contributed by atoms with Gasteiger partial charge in [-0.15, -0.1) is 0 Å². The molecule has 1 aromatic carbocycles. The second-order valence-electron chi connectivity index (χ2n) is 5.66. The third kappa shape index (κ3) is 3.37. The molecule has 1 fully saturated rings. The molecule has 0 unspecified atom stereocenters. The lowest BCUT2D eigenvalue weighted by Gasteiger charge is -2.43. The molecule has 0 radical (unpaired) electrons. The lowest BCUT2D eigenvalue weighted by atomic mass is 9.73. The third-order valence-electron chi connectivity index (χ3n) is 3.96. The summed E-state index contributed by atoms with van der Waals surface area (Å²) in [7, 11) is -2.89. The van der Waals surface area contributed by atoms with E-state index in [-0.39, 0.29) is 5.41 Å². The summed E-state index contributed by atoms with van der Waals surface area (Å²) >= 11 is 0. The highest BCUT2D eigenvalue weighted by atomic mass is 32.2. The van der Waals surface area contributed by atoms with E-state index in [1.54, 1.807) is 0 Å². The molecule has 0 bridgehead atoms. The summed E-state index contributed by atoms with van der Waals surface area (Å²) in [6.45, 7) is 5.77. The van der Waals surface area contributed by atoms with E-state index in [1.165, 1.54) is 11.1 Å². The van der Waals surface area contributed by atoms with Crippen LogP contribution in [0.2, 0.25) is 0 Å². The summed E-state index contributed by atoms with van der Waals surface area (Å²) in [5.74, 6) is 0.612. The average Bonchev–Trinajstić information content (AvgIpc) is 2.27. The number of nitrogens with one attached hydrogen (secondary N) is 1. The fourth-order valence-corrected chi connectivity index (χ4v) is 4.22. The SMILES string of the molecule is CCCS(=O)(=O)CCC1(c2cccc(C)c2)CNC1. The molecule has 1 aromatic rings. The Hall–Kier alpha value is -0.870. The highest BCUT2D eigenvalue weighted by molar-refractivity contribution is 7.91. The van der Waals surface area contributed by atoms with E-state index >= 15 is 0 Å². The molecule has 0 aromatic heterocycles. The van der Waals surface area contributed by atoms with Gasteiger partial charge in [-0.2, -0.15) is 0 Å². The molecule has 0 saturated carbocycles. The highest BCUT2D eigenvalue weighted by Gasteiger charge is 2.39. The minimum atomic E-state index is -2.89. The molecule has 0 amide bonds. The minimum Gasteiger partial charge on any atom is -0.315 e. The summed E-state index contributed by atoms with van der Waals surface area (Å²) in [6, 6.07) is 8.45. The van der Waals surface area contributed by atoms with E-state index in [4.69, 9.17) is 0 Å². The fourth-order valence-electron chi connectivity index (χ4n) is 2.69. The second-order valence-corrected chi connectivity index (χ2v) is 7.96. The Morgan fingerprint density at radius 1 is 1.26 bits per heavy atom. The predicted octanol–water partition coefficient (Wildman–Crippen LogP) is 2.05. The molecule has 0 atom stereocenters. The maximum Gasteiger partial charge on any atom is 0.150 e. The van der Waals surface area contributed by atoms with Crippen molar-refractivity contribution < 1.29 is 8.42 Å². The van der Waals surface area contributed by atoms with Crippen molar-refractivity contribution in [3.8, 4) is 0 Å². The standard InChI is InChI=1S/C15H23NO2S/c1-3-8-19(17,18)9-7-15(11-16-12-15)14-6-4-5-13(2)10-14/h4-6,10,16H,3,7-9,11-12H2,1-2H3. The zero-order valence-electron chi connectivity index (χ0n) is 11.8. The van der Waals surface area contributed by atoms with Crippen molar-refractivity contribution in [3.63, 3.8) is 0 Å². The van der Waals surface area contributed by atoms with Gasteiger partial charge in [-0.1, -0.05) is 36.8 Å². The Morgan fingerprint density at radius 3 is 2.53 bits per heavy atom.